The summed E-state index contributed by atoms with van der Waals surface area (Å²) in [7, 11) is 0. The molecule has 0 spiro atoms. The number of carbonyl (C=O) groups is 1. The van der Waals surface area contributed by atoms with Gasteiger partial charge in [-0.15, -0.1) is 0 Å². The van der Waals surface area contributed by atoms with Gasteiger partial charge < -0.3 is 0 Å². The highest BCUT2D eigenvalue weighted by molar-refractivity contribution is 5.81. The molecule has 1 aliphatic heterocycles. The first-order valence-electron chi connectivity index (χ1n) is 5.47. The number of rotatable bonds is 1. The molecule has 3 saturated carbocycles. The van der Waals surface area contributed by atoms with Crippen LogP contribution in [0.1, 0.15) is 32.6 Å². The third-order valence-corrected chi connectivity index (χ3v) is 4.35. The van der Waals surface area contributed by atoms with Gasteiger partial charge in [-0.05, 0) is 25.2 Å². The Balaban J connectivity index is 1.69. The number of carbonyl (C=O) groups excluding carboxylic acids is 1. The molecular formula is C11H17NO. The van der Waals surface area contributed by atoms with Crippen molar-refractivity contribution in [2.45, 2.75) is 38.1 Å². The number of piperidine rings is 1. The van der Waals surface area contributed by atoms with Crippen LogP contribution in [0.4, 0.5) is 0 Å². The van der Waals surface area contributed by atoms with Crippen molar-refractivity contribution in [3.63, 3.8) is 0 Å². The Hall–Kier alpha value is -0.370. The van der Waals surface area contributed by atoms with E-state index < -0.39 is 0 Å². The predicted molar refractivity (Wildman–Crippen MR) is 50.4 cm³/mol. The van der Waals surface area contributed by atoms with Crippen molar-refractivity contribution in [1.29, 1.82) is 0 Å². The number of nitrogens with zero attached hydrogens (tertiary/aromatic N) is 1. The molecular weight excluding hydrogens is 162 g/mol. The van der Waals surface area contributed by atoms with Crippen LogP contribution in [0.5, 0.6) is 0 Å². The second kappa shape index (κ2) is 2.35. The highest BCUT2D eigenvalue weighted by Gasteiger charge is 2.60. The molecule has 1 saturated heterocycles. The minimum atomic E-state index is 0.294. The van der Waals surface area contributed by atoms with Crippen molar-refractivity contribution in [2.75, 3.05) is 13.1 Å². The van der Waals surface area contributed by atoms with E-state index in [2.05, 4.69) is 11.8 Å². The normalized spacial score (nSPS) is 49.8. The number of hydrogen-bond acceptors (Lipinski definition) is 2. The van der Waals surface area contributed by atoms with Crippen LogP contribution < -0.4 is 0 Å². The first-order valence-corrected chi connectivity index (χ1v) is 5.47. The van der Waals surface area contributed by atoms with Gasteiger partial charge in [-0.25, -0.2) is 0 Å². The quantitative estimate of drug-likeness (QED) is 0.607. The summed E-state index contributed by atoms with van der Waals surface area (Å²) < 4.78 is 0. The highest BCUT2D eigenvalue weighted by atomic mass is 16.1. The van der Waals surface area contributed by atoms with Gasteiger partial charge >= 0.3 is 0 Å². The summed E-state index contributed by atoms with van der Waals surface area (Å²) in [5.74, 6) is 1.82. The zero-order valence-corrected chi connectivity index (χ0v) is 8.25. The van der Waals surface area contributed by atoms with Crippen LogP contribution in [0.15, 0.2) is 0 Å². The van der Waals surface area contributed by atoms with Crippen molar-refractivity contribution in [2.24, 2.45) is 11.8 Å². The van der Waals surface area contributed by atoms with E-state index in [-0.39, 0.29) is 0 Å². The summed E-state index contributed by atoms with van der Waals surface area (Å²) in [6.45, 7) is 4.15. The second-order valence-electron chi connectivity index (χ2n) is 5.27. The Kier molecular flexibility index (Phi) is 1.44. The molecule has 2 bridgehead atoms. The molecule has 0 aromatic carbocycles. The van der Waals surface area contributed by atoms with E-state index in [4.69, 9.17) is 0 Å². The van der Waals surface area contributed by atoms with Crippen molar-refractivity contribution in [1.82, 2.24) is 4.90 Å². The molecule has 0 aromatic heterocycles. The van der Waals surface area contributed by atoms with Crippen LogP contribution in [0, 0.1) is 11.8 Å². The Morgan fingerprint density at radius 1 is 1.38 bits per heavy atom. The summed E-state index contributed by atoms with van der Waals surface area (Å²) >= 11 is 0. The van der Waals surface area contributed by atoms with Crippen molar-refractivity contribution < 1.29 is 4.79 Å². The maximum absolute atomic E-state index is 11.4. The molecule has 1 heterocycles. The maximum Gasteiger partial charge on any atom is 0.138 e. The Morgan fingerprint density at radius 3 is 2.54 bits per heavy atom. The van der Waals surface area contributed by atoms with Crippen molar-refractivity contribution >= 4 is 5.78 Å². The van der Waals surface area contributed by atoms with Crippen molar-refractivity contribution in [3.8, 4) is 0 Å². The molecule has 0 amide bonds. The van der Waals surface area contributed by atoms with E-state index in [1.807, 2.05) is 0 Å². The number of Topliss-reactive ketones (excluding diaryl/α,β-unsaturated/α-hetero) is 1. The van der Waals surface area contributed by atoms with Crippen LogP contribution in [-0.4, -0.2) is 29.3 Å². The lowest BCUT2D eigenvalue weighted by molar-refractivity contribution is -0.161. The molecule has 2 nitrogen and oxygen atoms in total. The number of ketones is 1. The molecule has 4 aliphatic rings. The minimum Gasteiger partial charge on any atom is -0.299 e. The summed E-state index contributed by atoms with van der Waals surface area (Å²) in [5.41, 5.74) is 0.583. The molecule has 2 heteroatoms. The van der Waals surface area contributed by atoms with E-state index in [1.165, 1.54) is 19.3 Å². The SMILES string of the molecule is CC1CN(C23CC(C2)C3)CCC1=O. The van der Waals surface area contributed by atoms with Gasteiger partial charge in [-0.2, -0.15) is 0 Å². The van der Waals surface area contributed by atoms with Crippen LogP contribution in [0.2, 0.25) is 0 Å². The van der Waals surface area contributed by atoms with Gasteiger partial charge in [0.15, 0.2) is 0 Å². The third-order valence-electron chi connectivity index (χ3n) is 4.35. The summed E-state index contributed by atoms with van der Waals surface area (Å²) in [5, 5.41) is 0. The molecule has 72 valence electrons. The molecule has 4 rings (SSSR count). The number of hydrogen-bond donors (Lipinski definition) is 0. The lowest BCUT2D eigenvalue weighted by Gasteiger charge is -2.67. The molecule has 1 atom stereocenters. The standard InChI is InChI=1S/C11H17NO/c1-8-7-12(3-2-10(8)13)11-4-9(5-11)6-11/h8-9H,2-7H2,1H3. The van der Waals surface area contributed by atoms with Gasteiger partial charge in [0.25, 0.3) is 0 Å². The zero-order chi connectivity index (χ0) is 9.05. The van der Waals surface area contributed by atoms with Gasteiger partial charge in [0.2, 0.25) is 0 Å². The van der Waals surface area contributed by atoms with Crippen LogP contribution in [-0.2, 0) is 4.79 Å². The zero-order valence-electron chi connectivity index (χ0n) is 8.25. The van der Waals surface area contributed by atoms with E-state index in [9.17, 15) is 4.79 Å². The summed E-state index contributed by atoms with van der Waals surface area (Å²) in [4.78, 5) is 14.0. The van der Waals surface area contributed by atoms with Gasteiger partial charge in [0, 0.05) is 31.0 Å². The first kappa shape index (κ1) is 7.98. The lowest BCUT2D eigenvalue weighted by Crippen LogP contribution is -2.70. The summed E-state index contributed by atoms with van der Waals surface area (Å²) in [6, 6.07) is 0. The molecule has 0 radical (unpaired) electrons. The number of likely N-dealkylation sites (tertiary alicyclic amines) is 1. The Labute approximate surface area is 79.3 Å². The molecule has 0 aromatic rings. The predicted octanol–water partition coefficient (Wildman–Crippen LogP) is 1.45. The van der Waals surface area contributed by atoms with E-state index in [0.717, 1.165) is 25.4 Å². The molecule has 3 aliphatic carbocycles. The average Bonchev–Trinajstić information content (AvgIpc) is 1.90. The first-order chi connectivity index (χ1) is 6.20. The van der Waals surface area contributed by atoms with Crippen molar-refractivity contribution in [3.05, 3.63) is 0 Å². The van der Waals surface area contributed by atoms with Gasteiger partial charge in [-0.1, -0.05) is 6.92 Å². The van der Waals surface area contributed by atoms with E-state index >= 15 is 0 Å². The fraction of sp³-hybridized carbons (Fsp3) is 0.909. The van der Waals surface area contributed by atoms with Gasteiger partial charge in [0.05, 0.1) is 0 Å². The van der Waals surface area contributed by atoms with Gasteiger partial charge in [-0.3, -0.25) is 9.69 Å². The molecule has 1 unspecified atom stereocenters. The minimum absolute atomic E-state index is 0.294. The Morgan fingerprint density at radius 2 is 2.08 bits per heavy atom. The molecule has 4 fully saturated rings. The second-order valence-corrected chi connectivity index (χ2v) is 5.27. The van der Waals surface area contributed by atoms with Crippen LogP contribution in [0.25, 0.3) is 0 Å². The largest absolute Gasteiger partial charge is 0.299 e. The maximum atomic E-state index is 11.4. The topological polar surface area (TPSA) is 20.3 Å². The molecule has 0 N–H and O–H groups in total. The smallest absolute Gasteiger partial charge is 0.138 e. The monoisotopic (exact) mass is 179 g/mol. The fourth-order valence-electron chi connectivity index (χ4n) is 3.27. The molecule has 13 heavy (non-hydrogen) atoms. The van der Waals surface area contributed by atoms with Crippen LogP contribution >= 0.6 is 0 Å². The fourth-order valence-corrected chi connectivity index (χ4v) is 3.27. The van der Waals surface area contributed by atoms with Gasteiger partial charge in [0.1, 0.15) is 5.78 Å². The summed E-state index contributed by atoms with van der Waals surface area (Å²) in [6.07, 6.45) is 5.07. The highest BCUT2D eigenvalue weighted by Crippen LogP contribution is 2.60. The van der Waals surface area contributed by atoms with Crippen LogP contribution in [0.3, 0.4) is 0 Å². The third kappa shape index (κ3) is 0.954. The van der Waals surface area contributed by atoms with E-state index in [1.54, 1.807) is 0 Å². The lowest BCUT2D eigenvalue weighted by atomic mass is 9.48. The average molecular weight is 179 g/mol. The Bertz CT molecular complexity index is 244. The van der Waals surface area contributed by atoms with E-state index in [0.29, 0.717) is 17.2 Å².